The minimum Gasteiger partial charge on any atom is -0.299 e. The lowest BCUT2D eigenvalue weighted by Crippen LogP contribution is -2.27. The molecule has 0 bridgehead atoms. The van der Waals surface area contributed by atoms with Gasteiger partial charge in [-0.1, -0.05) is 36.8 Å². The molecule has 0 aliphatic carbocycles. The molecule has 1 N–H and O–H groups in total. The van der Waals surface area contributed by atoms with Crippen LogP contribution in [0.15, 0.2) is 24.3 Å². The number of carbonyl (C=O) groups excluding carboxylic acids is 1. The third-order valence-corrected chi connectivity index (χ3v) is 4.73. The van der Waals surface area contributed by atoms with Crippen LogP contribution in [0.3, 0.4) is 0 Å². The number of hydrogen-bond donors (Lipinski definition) is 1. The maximum Gasteiger partial charge on any atom is 0.253 e. The second-order valence-corrected chi connectivity index (χ2v) is 6.71. The molecule has 0 saturated carbocycles. The van der Waals surface area contributed by atoms with Crippen LogP contribution in [-0.4, -0.2) is 36.3 Å². The van der Waals surface area contributed by atoms with Gasteiger partial charge in [0.15, 0.2) is 6.04 Å². The number of anilines is 1. The molecule has 3 rings (SSSR count). The fourth-order valence-electron chi connectivity index (χ4n) is 2.16. The van der Waals surface area contributed by atoms with Crippen molar-refractivity contribution in [3.8, 4) is 11.4 Å². The first-order chi connectivity index (χ1) is 12.1. The molecular formula is C15H16ClN7OS. The Morgan fingerprint density at radius 1 is 1.24 bits per heavy atom. The number of benzene rings is 1. The van der Waals surface area contributed by atoms with E-state index in [4.69, 9.17) is 11.6 Å². The van der Waals surface area contributed by atoms with Gasteiger partial charge >= 0.3 is 0 Å². The maximum absolute atomic E-state index is 12.5. The van der Waals surface area contributed by atoms with Crippen molar-refractivity contribution in [1.82, 2.24) is 30.4 Å². The molecular weight excluding hydrogens is 362 g/mol. The largest absolute Gasteiger partial charge is 0.299 e. The van der Waals surface area contributed by atoms with Gasteiger partial charge in [0, 0.05) is 10.6 Å². The van der Waals surface area contributed by atoms with Crippen LogP contribution in [-0.2, 0) is 11.2 Å². The Balaban J connectivity index is 1.76. The quantitative estimate of drug-likeness (QED) is 0.709. The Morgan fingerprint density at radius 2 is 2.00 bits per heavy atom. The second-order valence-electron chi connectivity index (χ2n) is 5.21. The van der Waals surface area contributed by atoms with Crippen LogP contribution in [0.1, 0.15) is 31.3 Å². The number of tetrazole rings is 1. The van der Waals surface area contributed by atoms with Gasteiger partial charge in [-0.25, -0.2) is 0 Å². The predicted molar refractivity (Wildman–Crippen MR) is 95.5 cm³/mol. The van der Waals surface area contributed by atoms with Crippen molar-refractivity contribution in [3.63, 3.8) is 0 Å². The molecule has 10 heteroatoms. The number of rotatable bonds is 6. The van der Waals surface area contributed by atoms with E-state index in [1.165, 1.54) is 16.1 Å². The first kappa shape index (κ1) is 17.4. The van der Waals surface area contributed by atoms with E-state index in [-0.39, 0.29) is 5.91 Å². The van der Waals surface area contributed by atoms with Gasteiger partial charge in [-0.15, -0.1) is 20.4 Å². The highest BCUT2D eigenvalue weighted by molar-refractivity contribution is 7.15. The molecule has 1 amide bonds. The Labute approximate surface area is 153 Å². The lowest BCUT2D eigenvalue weighted by atomic mass is 10.2. The van der Waals surface area contributed by atoms with E-state index in [1.807, 2.05) is 13.8 Å². The fraction of sp³-hybridized carbons (Fsp3) is 0.333. The Morgan fingerprint density at radius 3 is 2.64 bits per heavy atom. The molecule has 2 aromatic heterocycles. The van der Waals surface area contributed by atoms with E-state index in [0.717, 1.165) is 17.0 Å². The molecule has 3 aromatic rings. The third-order valence-electron chi connectivity index (χ3n) is 3.50. The van der Waals surface area contributed by atoms with E-state index >= 15 is 0 Å². The molecule has 25 heavy (non-hydrogen) atoms. The predicted octanol–water partition coefficient (Wildman–Crippen LogP) is 3.00. The first-order valence-electron chi connectivity index (χ1n) is 7.79. The molecule has 1 atom stereocenters. The van der Waals surface area contributed by atoms with Crippen LogP contribution in [0, 0.1) is 0 Å². The highest BCUT2D eigenvalue weighted by atomic mass is 35.5. The molecule has 0 saturated heterocycles. The van der Waals surface area contributed by atoms with Crippen LogP contribution >= 0.6 is 22.9 Å². The lowest BCUT2D eigenvalue weighted by molar-refractivity contribution is -0.120. The number of aromatic nitrogens is 6. The van der Waals surface area contributed by atoms with Crippen LogP contribution in [0.4, 0.5) is 5.13 Å². The van der Waals surface area contributed by atoms with E-state index in [2.05, 4.69) is 30.9 Å². The minimum atomic E-state index is -0.581. The van der Waals surface area contributed by atoms with Crippen molar-refractivity contribution in [2.24, 2.45) is 0 Å². The summed E-state index contributed by atoms with van der Waals surface area (Å²) in [5.74, 6) is 0.188. The SMILES string of the molecule is CCc1nnc(NC(=O)C(CC)n2nnc(-c3ccc(Cl)cc3)n2)s1. The summed E-state index contributed by atoms with van der Waals surface area (Å²) in [6.45, 7) is 3.87. The molecule has 1 aromatic carbocycles. The van der Waals surface area contributed by atoms with Gasteiger partial charge in [-0.2, -0.15) is 4.80 Å². The van der Waals surface area contributed by atoms with Crippen LogP contribution in [0.5, 0.6) is 0 Å². The summed E-state index contributed by atoms with van der Waals surface area (Å²) in [5, 5.41) is 25.0. The van der Waals surface area contributed by atoms with Crippen molar-refractivity contribution in [2.75, 3.05) is 5.32 Å². The van der Waals surface area contributed by atoms with Gasteiger partial charge in [-0.3, -0.25) is 10.1 Å². The molecule has 0 fully saturated rings. The molecule has 0 aliphatic heterocycles. The van der Waals surface area contributed by atoms with Gasteiger partial charge < -0.3 is 0 Å². The van der Waals surface area contributed by atoms with Crippen molar-refractivity contribution in [1.29, 1.82) is 0 Å². The van der Waals surface area contributed by atoms with E-state index in [9.17, 15) is 4.79 Å². The Bertz CT molecular complexity index is 861. The van der Waals surface area contributed by atoms with Crippen LogP contribution < -0.4 is 5.32 Å². The van der Waals surface area contributed by atoms with Gasteiger partial charge in [0.25, 0.3) is 5.91 Å². The number of aryl methyl sites for hydroxylation is 1. The molecule has 0 radical (unpaired) electrons. The Hall–Kier alpha value is -2.39. The number of nitrogens with one attached hydrogen (secondary N) is 1. The van der Waals surface area contributed by atoms with Gasteiger partial charge in [0.1, 0.15) is 5.01 Å². The van der Waals surface area contributed by atoms with E-state index in [0.29, 0.717) is 22.4 Å². The highest BCUT2D eigenvalue weighted by Crippen LogP contribution is 2.20. The number of nitrogens with zero attached hydrogens (tertiary/aromatic N) is 6. The average Bonchev–Trinajstić information content (AvgIpc) is 3.26. The molecule has 0 spiro atoms. The normalized spacial score (nSPS) is 12.1. The molecule has 130 valence electrons. The molecule has 0 aliphatic rings. The van der Waals surface area contributed by atoms with Crippen molar-refractivity contribution in [2.45, 2.75) is 32.7 Å². The fourth-order valence-corrected chi connectivity index (χ4v) is 2.97. The van der Waals surface area contributed by atoms with E-state index < -0.39 is 6.04 Å². The zero-order chi connectivity index (χ0) is 17.8. The van der Waals surface area contributed by atoms with Gasteiger partial charge in [0.2, 0.25) is 11.0 Å². The van der Waals surface area contributed by atoms with Crippen molar-refractivity contribution >= 4 is 34.0 Å². The molecule has 1 unspecified atom stereocenters. The number of hydrogen-bond acceptors (Lipinski definition) is 7. The summed E-state index contributed by atoms with van der Waals surface area (Å²) in [7, 11) is 0. The summed E-state index contributed by atoms with van der Waals surface area (Å²) in [4.78, 5) is 13.8. The number of amides is 1. The van der Waals surface area contributed by atoms with Gasteiger partial charge in [0.05, 0.1) is 0 Å². The molecule has 8 nitrogen and oxygen atoms in total. The second kappa shape index (κ2) is 7.66. The van der Waals surface area contributed by atoms with Crippen molar-refractivity contribution < 1.29 is 4.79 Å². The summed E-state index contributed by atoms with van der Waals surface area (Å²) in [5.41, 5.74) is 0.780. The topological polar surface area (TPSA) is 98.5 Å². The number of halogens is 1. The minimum absolute atomic E-state index is 0.249. The Kier molecular flexibility index (Phi) is 5.34. The van der Waals surface area contributed by atoms with E-state index in [1.54, 1.807) is 24.3 Å². The average molecular weight is 378 g/mol. The van der Waals surface area contributed by atoms with Crippen LogP contribution in [0.25, 0.3) is 11.4 Å². The monoisotopic (exact) mass is 377 g/mol. The van der Waals surface area contributed by atoms with Gasteiger partial charge in [-0.05, 0) is 42.3 Å². The zero-order valence-electron chi connectivity index (χ0n) is 13.7. The lowest BCUT2D eigenvalue weighted by Gasteiger charge is -2.11. The molecule has 2 heterocycles. The first-order valence-corrected chi connectivity index (χ1v) is 8.98. The number of carbonyl (C=O) groups is 1. The summed E-state index contributed by atoms with van der Waals surface area (Å²) in [6.07, 6.45) is 1.29. The summed E-state index contributed by atoms with van der Waals surface area (Å²) < 4.78 is 0. The van der Waals surface area contributed by atoms with Crippen LogP contribution in [0.2, 0.25) is 5.02 Å². The standard InChI is InChI=1S/C15H16ClN7OS/c1-3-11(14(24)17-15-20-18-12(4-2)25-15)23-21-13(19-22-23)9-5-7-10(16)8-6-9/h5-8,11H,3-4H2,1-2H3,(H,17,20,24). The summed E-state index contributed by atoms with van der Waals surface area (Å²) >= 11 is 7.24. The highest BCUT2D eigenvalue weighted by Gasteiger charge is 2.23. The smallest absolute Gasteiger partial charge is 0.253 e. The third kappa shape index (κ3) is 3.99. The summed E-state index contributed by atoms with van der Waals surface area (Å²) in [6, 6.07) is 6.53. The zero-order valence-corrected chi connectivity index (χ0v) is 15.3. The van der Waals surface area contributed by atoms with Crippen molar-refractivity contribution in [3.05, 3.63) is 34.3 Å². The maximum atomic E-state index is 12.5.